The lowest BCUT2D eigenvalue weighted by Gasteiger charge is -2.12. The standard InChI is InChI=1S/C14H18N2O/c1-14(2)8-12(14)16-13(17)11-7-9-5-3-4-6-10(9)15-11/h3-6,11-12,15H,7-8H2,1-2H3,(H,16,17). The highest BCUT2D eigenvalue weighted by Gasteiger charge is 2.47. The molecule has 3 heteroatoms. The molecule has 17 heavy (non-hydrogen) atoms. The van der Waals surface area contributed by atoms with E-state index in [1.54, 1.807) is 0 Å². The molecule has 2 aliphatic rings. The largest absolute Gasteiger partial charge is 0.373 e. The van der Waals surface area contributed by atoms with Gasteiger partial charge >= 0.3 is 0 Å². The van der Waals surface area contributed by atoms with Gasteiger partial charge in [0.1, 0.15) is 6.04 Å². The van der Waals surface area contributed by atoms with Crippen LogP contribution in [-0.2, 0) is 11.2 Å². The summed E-state index contributed by atoms with van der Waals surface area (Å²) in [5.41, 5.74) is 2.63. The first-order valence-corrected chi connectivity index (χ1v) is 6.21. The van der Waals surface area contributed by atoms with Gasteiger partial charge in [0.05, 0.1) is 0 Å². The number of carbonyl (C=O) groups excluding carboxylic acids is 1. The van der Waals surface area contributed by atoms with Gasteiger partial charge < -0.3 is 10.6 Å². The number of fused-ring (bicyclic) bond motifs is 1. The normalized spacial score (nSPS) is 28.1. The van der Waals surface area contributed by atoms with Crippen LogP contribution in [0.2, 0.25) is 0 Å². The van der Waals surface area contributed by atoms with E-state index in [0.29, 0.717) is 11.5 Å². The average molecular weight is 230 g/mol. The van der Waals surface area contributed by atoms with Crippen molar-refractivity contribution in [3.05, 3.63) is 29.8 Å². The van der Waals surface area contributed by atoms with Crippen LogP contribution in [-0.4, -0.2) is 18.0 Å². The van der Waals surface area contributed by atoms with Gasteiger partial charge in [0.15, 0.2) is 0 Å². The topological polar surface area (TPSA) is 41.1 Å². The van der Waals surface area contributed by atoms with Gasteiger partial charge in [-0.05, 0) is 23.5 Å². The number of hydrogen-bond acceptors (Lipinski definition) is 2. The molecule has 1 amide bonds. The van der Waals surface area contributed by atoms with Crippen LogP contribution in [0.15, 0.2) is 24.3 Å². The van der Waals surface area contributed by atoms with Crippen molar-refractivity contribution >= 4 is 11.6 Å². The molecule has 0 spiro atoms. The van der Waals surface area contributed by atoms with Crippen LogP contribution in [0.25, 0.3) is 0 Å². The Morgan fingerprint density at radius 1 is 1.41 bits per heavy atom. The summed E-state index contributed by atoms with van der Waals surface area (Å²) in [6.45, 7) is 4.38. The average Bonchev–Trinajstić information content (AvgIpc) is 2.76. The highest BCUT2D eigenvalue weighted by atomic mass is 16.2. The van der Waals surface area contributed by atoms with Gasteiger partial charge in [0.2, 0.25) is 5.91 Å². The first kappa shape index (κ1) is 10.6. The fourth-order valence-electron chi connectivity index (χ4n) is 2.44. The zero-order chi connectivity index (χ0) is 12.0. The Balaban J connectivity index is 1.63. The van der Waals surface area contributed by atoms with Crippen molar-refractivity contribution in [1.29, 1.82) is 0 Å². The van der Waals surface area contributed by atoms with Gasteiger partial charge in [-0.1, -0.05) is 32.0 Å². The second-order valence-corrected chi connectivity index (χ2v) is 5.81. The monoisotopic (exact) mass is 230 g/mol. The van der Waals surface area contributed by atoms with Crippen LogP contribution in [0.3, 0.4) is 0 Å². The molecule has 3 rings (SSSR count). The van der Waals surface area contributed by atoms with E-state index >= 15 is 0 Å². The lowest BCUT2D eigenvalue weighted by atomic mass is 10.1. The number of anilines is 1. The number of amides is 1. The summed E-state index contributed by atoms with van der Waals surface area (Å²) in [4.78, 5) is 12.1. The molecule has 90 valence electrons. The zero-order valence-electron chi connectivity index (χ0n) is 10.3. The fourth-order valence-corrected chi connectivity index (χ4v) is 2.44. The molecule has 1 aromatic carbocycles. The number of nitrogens with one attached hydrogen (secondary N) is 2. The van der Waals surface area contributed by atoms with Gasteiger partial charge in [0, 0.05) is 18.2 Å². The predicted molar refractivity (Wildman–Crippen MR) is 67.9 cm³/mol. The SMILES string of the molecule is CC1(C)CC1NC(=O)C1Cc2ccccc2N1. The Labute approximate surface area is 102 Å². The van der Waals surface area contributed by atoms with Crippen LogP contribution < -0.4 is 10.6 Å². The number of para-hydroxylation sites is 1. The van der Waals surface area contributed by atoms with Crippen molar-refractivity contribution in [1.82, 2.24) is 5.32 Å². The smallest absolute Gasteiger partial charge is 0.243 e. The molecule has 1 aromatic rings. The third kappa shape index (κ3) is 1.90. The summed E-state index contributed by atoms with van der Waals surface area (Å²) in [6, 6.07) is 8.39. The Morgan fingerprint density at radius 3 is 2.76 bits per heavy atom. The lowest BCUT2D eigenvalue weighted by Crippen LogP contribution is -2.40. The minimum atomic E-state index is -0.0937. The van der Waals surface area contributed by atoms with Gasteiger partial charge in [0.25, 0.3) is 0 Å². The molecule has 2 atom stereocenters. The fraction of sp³-hybridized carbons (Fsp3) is 0.500. The number of carbonyl (C=O) groups is 1. The second kappa shape index (κ2) is 3.49. The minimum Gasteiger partial charge on any atom is -0.373 e. The molecule has 3 nitrogen and oxygen atoms in total. The number of hydrogen-bond donors (Lipinski definition) is 2. The van der Waals surface area contributed by atoms with Crippen LogP contribution in [0.5, 0.6) is 0 Å². The Bertz CT molecular complexity index is 442. The lowest BCUT2D eigenvalue weighted by molar-refractivity contribution is -0.122. The number of benzene rings is 1. The van der Waals surface area contributed by atoms with E-state index in [4.69, 9.17) is 0 Å². The van der Waals surface area contributed by atoms with Crippen molar-refractivity contribution in [2.24, 2.45) is 5.41 Å². The summed E-state index contributed by atoms with van der Waals surface area (Å²) in [6.07, 6.45) is 1.90. The molecule has 0 aromatic heterocycles. The molecule has 0 bridgehead atoms. The molecule has 0 radical (unpaired) electrons. The number of rotatable bonds is 2. The van der Waals surface area contributed by atoms with Gasteiger partial charge in [-0.2, -0.15) is 0 Å². The summed E-state index contributed by atoms with van der Waals surface area (Å²) in [5, 5.41) is 6.40. The molecule has 1 fully saturated rings. The molecule has 1 heterocycles. The second-order valence-electron chi connectivity index (χ2n) is 5.81. The van der Waals surface area contributed by atoms with Gasteiger partial charge in [-0.3, -0.25) is 4.79 Å². The molecule has 1 saturated carbocycles. The van der Waals surface area contributed by atoms with Crippen LogP contribution in [0.4, 0.5) is 5.69 Å². The summed E-state index contributed by atoms with van der Waals surface area (Å²) in [7, 11) is 0. The summed E-state index contributed by atoms with van der Waals surface area (Å²) < 4.78 is 0. The van der Waals surface area contributed by atoms with Crippen molar-refractivity contribution < 1.29 is 4.79 Å². The quantitative estimate of drug-likeness (QED) is 0.815. The van der Waals surface area contributed by atoms with Crippen LogP contribution >= 0.6 is 0 Å². The molecule has 1 aliphatic heterocycles. The van der Waals surface area contributed by atoms with E-state index in [-0.39, 0.29) is 11.9 Å². The molecule has 2 N–H and O–H groups in total. The Kier molecular flexibility index (Phi) is 2.18. The van der Waals surface area contributed by atoms with E-state index in [9.17, 15) is 4.79 Å². The van der Waals surface area contributed by atoms with E-state index in [2.05, 4.69) is 30.5 Å². The van der Waals surface area contributed by atoms with Crippen molar-refractivity contribution in [3.8, 4) is 0 Å². The third-order valence-corrected chi connectivity index (χ3v) is 3.92. The maximum atomic E-state index is 12.1. The molecule has 0 saturated heterocycles. The Morgan fingerprint density at radius 2 is 2.12 bits per heavy atom. The maximum Gasteiger partial charge on any atom is 0.243 e. The van der Waals surface area contributed by atoms with E-state index < -0.39 is 0 Å². The van der Waals surface area contributed by atoms with E-state index in [1.807, 2.05) is 18.2 Å². The predicted octanol–water partition coefficient (Wildman–Crippen LogP) is 1.94. The summed E-state index contributed by atoms with van der Waals surface area (Å²) in [5.74, 6) is 0.136. The maximum absolute atomic E-state index is 12.1. The third-order valence-electron chi connectivity index (χ3n) is 3.92. The van der Waals surface area contributed by atoms with Crippen LogP contribution in [0.1, 0.15) is 25.8 Å². The molecular weight excluding hydrogens is 212 g/mol. The minimum absolute atomic E-state index is 0.0937. The summed E-state index contributed by atoms with van der Waals surface area (Å²) >= 11 is 0. The highest BCUT2D eigenvalue weighted by Crippen LogP contribution is 2.44. The molecule has 1 aliphatic carbocycles. The van der Waals surface area contributed by atoms with Crippen molar-refractivity contribution in [3.63, 3.8) is 0 Å². The van der Waals surface area contributed by atoms with E-state index in [0.717, 1.165) is 18.5 Å². The van der Waals surface area contributed by atoms with Crippen molar-refractivity contribution in [2.45, 2.75) is 38.8 Å². The van der Waals surface area contributed by atoms with E-state index in [1.165, 1.54) is 5.56 Å². The molecule has 2 unspecified atom stereocenters. The van der Waals surface area contributed by atoms with Gasteiger partial charge in [-0.25, -0.2) is 0 Å². The van der Waals surface area contributed by atoms with Crippen LogP contribution in [0, 0.1) is 5.41 Å². The Hall–Kier alpha value is -1.51. The molecular formula is C14H18N2O. The van der Waals surface area contributed by atoms with Gasteiger partial charge in [-0.15, -0.1) is 0 Å². The van der Waals surface area contributed by atoms with Crippen molar-refractivity contribution in [2.75, 3.05) is 5.32 Å². The first-order valence-electron chi connectivity index (χ1n) is 6.21. The highest BCUT2D eigenvalue weighted by molar-refractivity contribution is 5.87. The first-order chi connectivity index (χ1) is 8.06. The zero-order valence-corrected chi connectivity index (χ0v) is 10.3.